The van der Waals surface area contributed by atoms with Gasteiger partial charge < -0.3 is 4.90 Å². The van der Waals surface area contributed by atoms with Crippen molar-refractivity contribution in [2.24, 2.45) is 0 Å². The fourth-order valence-electron chi connectivity index (χ4n) is 1.96. The van der Waals surface area contributed by atoms with Gasteiger partial charge in [0.1, 0.15) is 5.82 Å². The minimum Gasteiger partial charge on any atom is -0.357 e. The molecule has 19 heavy (non-hydrogen) atoms. The highest BCUT2D eigenvalue weighted by Gasteiger charge is 2.07. The summed E-state index contributed by atoms with van der Waals surface area (Å²) >= 11 is 0. The lowest BCUT2D eigenvalue weighted by Gasteiger charge is -2.18. The Bertz CT molecular complexity index is 627. The minimum atomic E-state index is -0.370. The molecule has 1 aromatic carbocycles. The van der Waals surface area contributed by atoms with E-state index in [2.05, 4.69) is 4.98 Å². The third-order valence-corrected chi connectivity index (χ3v) is 3.00. The van der Waals surface area contributed by atoms with Crippen LogP contribution in [0.2, 0.25) is 0 Å². The smallest absolute Gasteiger partial charge is 0.329 e. The van der Waals surface area contributed by atoms with Crippen molar-refractivity contribution in [2.75, 3.05) is 11.9 Å². The fraction of sp³-hybridized carbons (Fsp3) is 0.286. The van der Waals surface area contributed by atoms with E-state index in [0.717, 1.165) is 5.56 Å². The van der Waals surface area contributed by atoms with E-state index in [1.54, 1.807) is 6.92 Å². The summed E-state index contributed by atoms with van der Waals surface area (Å²) in [5.74, 6) is 0.531. The molecule has 2 rings (SSSR count). The molecule has 0 saturated carbocycles. The second kappa shape index (κ2) is 5.56. The maximum absolute atomic E-state index is 11.8. The van der Waals surface area contributed by atoms with Crippen molar-refractivity contribution in [2.45, 2.75) is 20.0 Å². The predicted molar refractivity (Wildman–Crippen MR) is 75.5 cm³/mol. The molecule has 1 aromatic heterocycles. The van der Waals surface area contributed by atoms with Crippen LogP contribution < -0.4 is 16.1 Å². The normalized spacial score (nSPS) is 10.4. The first-order valence-corrected chi connectivity index (χ1v) is 6.21. The van der Waals surface area contributed by atoms with E-state index < -0.39 is 0 Å². The van der Waals surface area contributed by atoms with Gasteiger partial charge in [0.05, 0.1) is 0 Å². The SMILES string of the molecule is CCn1c(=O)cc(N(C)Cc2ccccc2)[nH]c1=O. The second-order valence-corrected chi connectivity index (χ2v) is 4.38. The average molecular weight is 259 g/mol. The monoisotopic (exact) mass is 259 g/mol. The van der Waals surface area contributed by atoms with E-state index in [-0.39, 0.29) is 11.2 Å². The van der Waals surface area contributed by atoms with Crippen LogP contribution in [-0.2, 0) is 13.1 Å². The van der Waals surface area contributed by atoms with Crippen LogP contribution in [0.3, 0.4) is 0 Å². The third kappa shape index (κ3) is 2.93. The molecule has 0 radical (unpaired) electrons. The lowest BCUT2D eigenvalue weighted by molar-refractivity contribution is 0.668. The molecule has 1 N–H and O–H groups in total. The zero-order chi connectivity index (χ0) is 13.8. The zero-order valence-electron chi connectivity index (χ0n) is 11.1. The minimum absolute atomic E-state index is 0.277. The van der Waals surface area contributed by atoms with E-state index >= 15 is 0 Å². The second-order valence-electron chi connectivity index (χ2n) is 4.38. The van der Waals surface area contributed by atoms with Gasteiger partial charge in [-0.25, -0.2) is 4.79 Å². The lowest BCUT2D eigenvalue weighted by Crippen LogP contribution is -2.36. The summed E-state index contributed by atoms with van der Waals surface area (Å²) < 4.78 is 1.17. The Morgan fingerprint density at radius 2 is 1.89 bits per heavy atom. The number of benzene rings is 1. The molecule has 0 bridgehead atoms. The van der Waals surface area contributed by atoms with E-state index in [9.17, 15) is 9.59 Å². The van der Waals surface area contributed by atoms with Crippen molar-refractivity contribution in [1.29, 1.82) is 0 Å². The van der Waals surface area contributed by atoms with Crippen molar-refractivity contribution < 1.29 is 0 Å². The number of hydrogen-bond acceptors (Lipinski definition) is 3. The van der Waals surface area contributed by atoms with Crippen LogP contribution in [0.15, 0.2) is 46.0 Å². The van der Waals surface area contributed by atoms with Gasteiger partial charge in [-0.2, -0.15) is 0 Å². The maximum Gasteiger partial charge on any atom is 0.329 e. The number of nitrogens with one attached hydrogen (secondary N) is 1. The van der Waals surface area contributed by atoms with Crippen LogP contribution in [0.4, 0.5) is 5.82 Å². The van der Waals surface area contributed by atoms with Gasteiger partial charge >= 0.3 is 5.69 Å². The Morgan fingerprint density at radius 1 is 1.21 bits per heavy atom. The van der Waals surface area contributed by atoms with E-state index in [0.29, 0.717) is 18.9 Å². The molecule has 2 aromatic rings. The van der Waals surface area contributed by atoms with Crippen molar-refractivity contribution in [1.82, 2.24) is 9.55 Å². The number of anilines is 1. The molecule has 0 aliphatic rings. The van der Waals surface area contributed by atoms with Gasteiger partial charge in [0.15, 0.2) is 0 Å². The number of H-pyrrole nitrogens is 1. The van der Waals surface area contributed by atoms with Gasteiger partial charge in [0.25, 0.3) is 5.56 Å². The molecule has 100 valence electrons. The summed E-state index contributed by atoms with van der Waals surface area (Å²) in [6.45, 7) is 2.77. The molecule has 1 heterocycles. The Balaban J connectivity index is 2.28. The van der Waals surface area contributed by atoms with Gasteiger partial charge in [0, 0.05) is 26.2 Å². The summed E-state index contributed by atoms with van der Waals surface area (Å²) in [5, 5.41) is 0. The molecule has 5 heteroatoms. The molecule has 0 saturated heterocycles. The van der Waals surface area contributed by atoms with Gasteiger partial charge in [-0.15, -0.1) is 0 Å². The van der Waals surface area contributed by atoms with Crippen molar-refractivity contribution in [3.8, 4) is 0 Å². The van der Waals surface area contributed by atoms with E-state index in [4.69, 9.17) is 0 Å². The topological polar surface area (TPSA) is 58.1 Å². The fourth-order valence-corrected chi connectivity index (χ4v) is 1.96. The number of aromatic amines is 1. The van der Waals surface area contributed by atoms with Gasteiger partial charge in [0.2, 0.25) is 0 Å². The Morgan fingerprint density at radius 3 is 2.47 bits per heavy atom. The summed E-state index contributed by atoms with van der Waals surface area (Å²) in [4.78, 5) is 28.1. The zero-order valence-corrected chi connectivity index (χ0v) is 11.1. The van der Waals surface area contributed by atoms with Crippen LogP contribution in [0.25, 0.3) is 0 Å². The van der Waals surface area contributed by atoms with Gasteiger partial charge in [-0.1, -0.05) is 30.3 Å². The molecular weight excluding hydrogens is 242 g/mol. The molecular formula is C14H17N3O2. The highest BCUT2D eigenvalue weighted by molar-refractivity contribution is 5.36. The van der Waals surface area contributed by atoms with Crippen molar-refractivity contribution in [3.63, 3.8) is 0 Å². The highest BCUT2D eigenvalue weighted by Crippen LogP contribution is 2.08. The van der Waals surface area contributed by atoms with Crippen molar-refractivity contribution >= 4 is 5.82 Å². The summed E-state index contributed by atoms with van der Waals surface area (Å²) in [7, 11) is 1.84. The molecule has 0 amide bonds. The Kier molecular flexibility index (Phi) is 3.85. The van der Waals surface area contributed by atoms with E-state index in [1.165, 1.54) is 10.6 Å². The number of hydrogen-bond donors (Lipinski definition) is 1. The Hall–Kier alpha value is -2.30. The summed E-state index contributed by atoms with van der Waals surface area (Å²) in [6, 6.07) is 11.3. The van der Waals surface area contributed by atoms with Gasteiger partial charge in [-0.05, 0) is 12.5 Å². The predicted octanol–water partition coefficient (Wildman–Crippen LogP) is 1.19. The molecule has 0 aliphatic heterocycles. The van der Waals surface area contributed by atoms with Crippen LogP contribution in [0, 0.1) is 0 Å². The molecule has 0 spiro atoms. The number of rotatable bonds is 4. The molecule has 0 fully saturated rings. The molecule has 5 nitrogen and oxygen atoms in total. The van der Waals surface area contributed by atoms with Crippen LogP contribution in [-0.4, -0.2) is 16.6 Å². The van der Waals surface area contributed by atoms with E-state index in [1.807, 2.05) is 42.3 Å². The number of nitrogens with zero attached hydrogens (tertiary/aromatic N) is 2. The van der Waals surface area contributed by atoms with Crippen molar-refractivity contribution in [3.05, 3.63) is 62.8 Å². The largest absolute Gasteiger partial charge is 0.357 e. The maximum atomic E-state index is 11.8. The first-order chi connectivity index (χ1) is 9.11. The summed E-state index contributed by atoms with van der Waals surface area (Å²) in [5.41, 5.74) is 0.469. The van der Waals surface area contributed by atoms with Gasteiger partial charge in [-0.3, -0.25) is 14.3 Å². The average Bonchev–Trinajstić information content (AvgIpc) is 2.39. The molecule has 0 unspecified atom stereocenters. The van der Waals surface area contributed by atoms with Crippen LogP contribution in [0.1, 0.15) is 12.5 Å². The molecule has 0 aliphatic carbocycles. The highest BCUT2D eigenvalue weighted by atomic mass is 16.2. The Labute approximate surface area is 111 Å². The van der Waals surface area contributed by atoms with Crippen LogP contribution in [0.5, 0.6) is 0 Å². The standard InChI is InChI=1S/C14H17N3O2/c1-3-17-13(18)9-12(15-14(17)19)16(2)10-11-7-5-4-6-8-11/h4-9H,3,10H2,1-2H3,(H,15,19). The quantitative estimate of drug-likeness (QED) is 0.897. The first-order valence-electron chi connectivity index (χ1n) is 6.21. The number of aromatic nitrogens is 2. The lowest BCUT2D eigenvalue weighted by atomic mass is 10.2. The van der Waals surface area contributed by atoms with Crippen LogP contribution >= 0.6 is 0 Å². The third-order valence-electron chi connectivity index (χ3n) is 3.00. The molecule has 0 atom stereocenters. The summed E-state index contributed by atoms with van der Waals surface area (Å²) in [6.07, 6.45) is 0. The first kappa shape index (κ1) is 13.1.